The number of nitrogens with two attached hydrogens (primary N) is 1. The number of halogens is 3. The molecule has 0 radical (unpaired) electrons. The molecule has 184 valence electrons. The van der Waals surface area contributed by atoms with E-state index in [4.69, 9.17) is 10.5 Å². The molecule has 1 saturated carbocycles. The molecule has 0 atom stereocenters. The Morgan fingerprint density at radius 3 is 2.34 bits per heavy atom. The molecule has 35 heavy (non-hydrogen) atoms. The van der Waals surface area contributed by atoms with Crippen LogP contribution in [0, 0.1) is 0 Å². The van der Waals surface area contributed by atoms with Crippen LogP contribution in [0.25, 0.3) is 11.3 Å². The highest BCUT2D eigenvalue weighted by Crippen LogP contribution is 2.55. The number of morpholine rings is 1. The maximum Gasteiger partial charge on any atom is 0.417 e. The molecule has 0 bridgehead atoms. The lowest BCUT2D eigenvalue weighted by atomic mass is 10.0. The quantitative estimate of drug-likeness (QED) is 0.562. The molecule has 2 fully saturated rings. The standard InChI is InChI=1S/C23H22F3N5O3S/c24-23(25,26)17-12-20(27)28-14-16(17)18-13-19(30-21(29-18)31-8-10-34-11-9-31)22(6-7-22)35(32,33)15-4-2-1-3-5-15/h1-5,12-14H,6-11H2,(H2,27,28). The molecule has 0 amide bonds. The van der Waals surface area contributed by atoms with Gasteiger partial charge in [-0.2, -0.15) is 13.2 Å². The van der Waals surface area contributed by atoms with Gasteiger partial charge in [0, 0.05) is 24.8 Å². The fourth-order valence-electron chi connectivity index (χ4n) is 4.22. The second-order valence-corrected chi connectivity index (χ2v) is 10.8. The Morgan fingerprint density at radius 2 is 1.71 bits per heavy atom. The van der Waals surface area contributed by atoms with Gasteiger partial charge in [-0.25, -0.2) is 23.4 Å². The van der Waals surface area contributed by atoms with E-state index in [1.54, 1.807) is 23.1 Å². The van der Waals surface area contributed by atoms with Gasteiger partial charge in [0.05, 0.1) is 35.1 Å². The van der Waals surface area contributed by atoms with Crippen molar-refractivity contribution in [1.29, 1.82) is 0 Å². The lowest BCUT2D eigenvalue weighted by Gasteiger charge is -2.28. The zero-order valence-electron chi connectivity index (χ0n) is 18.5. The molecule has 3 heterocycles. The molecular weight excluding hydrogens is 483 g/mol. The van der Waals surface area contributed by atoms with E-state index in [2.05, 4.69) is 15.0 Å². The Balaban J connectivity index is 1.70. The summed E-state index contributed by atoms with van der Waals surface area (Å²) in [5.41, 5.74) is 4.34. The minimum Gasteiger partial charge on any atom is -0.384 e. The van der Waals surface area contributed by atoms with Crippen LogP contribution in [0.2, 0.25) is 0 Å². The summed E-state index contributed by atoms with van der Waals surface area (Å²) in [6.07, 6.45) is -3.10. The van der Waals surface area contributed by atoms with Crippen LogP contribution in [-0.2, 0) is 25.5 Å². The molecule has 2 N–H and O–H groups in total. The van der Waals surface area contributed by atoms with Crippen LogP contribution < -0.4 is 10.6 Å². The van der Waals surface area contributed by atoms with Crippen molar-refractivity contribution in [3.63, 3.8) is 0 Å². The second kappa shape index (κ2) is 8.45. The number of nitrogen functional groups attached to an aromatic ring is 1. The lowest BCUT2D eigenvalue weighted by molar-refractivity contribution is -0.137. The van der Waals surface area contributed by atoms with Crippen molar-refractivity contribution in [3.05, 3.63) is 59.9 Å². The summed E-state index contributed by atoms with van der Waals surface area (Å²) in [6.45, 7) is 1.64. The highest BCUT2D eigenvalue weighted by Gasteiger charge is 2.58. The van der Waals surface area contributed by atoms with Crippen LogP contribution in [0.5, 0.6) is 0 Å². The first-order valence-corrected chi connectivity index (χ1v) is 12.5. The summed E-state index contributed by atoms with van der Waals surface area (Å²) in [7, 11) is -3.86. The lowest BCUT2D eigenvalue weighted by Crippen LogP contribution is -2.38. The van der Waals surface area contributed by atoms with Gasteiger partial charge < -0.3 is 15.4 Å². The predicted octanol–water partition coefficient (Wildman–Crippen LogP) is 3.44. The zero-order valence-corrected chi connectivity index (χ0v) is 19.3. The maximum absolute atomic E-state index is 13.9. The topological polar surface area (TPSA) is 111 Å². The van der Waals surface area contributed by atoms with Crippen molar-refractivity contribution in [2.24, 2.45) is 0 Å². The van der Waals surface area contributed by atoms with E-state index >= 15 is 0 Å². The number of anilines is 2. The van der Waals surface area contributed by atoms with E-state index in [1.807, 2.05) is 0 Å². The van der Waals surface area contributed by atoms with Gasteiger partial charge in [0.25, 0.3) is 0 Å². The van der Waals surface area contributed by atoms with Crippen molar-refractivity contribution in [1.82, 2.24) is 15.0 Å². The van der Waals surface area contributed by atoms with E-state index in [9.17, 15) is 21.6 Å². The van der Waals surface area contributed by atoms with E-state index in [-0.39, 0.29) is 33.6 Å². The van der Waals surface area contributed by atoms with Crippen molar-refractivity contribution in [2.45, 2.75) is 28.7 Å². The summed E-state index contributed by atoms with van der Waals surface area (Å²) in [4.78, 5) is 14.7. The normalized spacial score (nSPS) is 17.9. The van der Waals surface area contributed by atoms with Gasteiger partial charge in [-0.05, 0) is 37.1 Å². The highest BCUT2D eigenvalue weighted by molar-refractivity contribution is 7.92. The number of hydrogen-bond acceptors (Lipinski definition) is 8. The molecule has 2 aliphatic rings. The molecule has 12 heteroatoms. The fraction of sp³-hybridized carbons (Fsp3) is 0.348. The average molecular weight is 506 g/mol. The SMILES string of the molecule is Nc1cc(C(F)(F)F)c(-c2cc(C3(S(=O)(=O)c4ccccc4)CC3)nc(N3CCOCC3)n2)cn1. The van der Waals surface area contributed by atoms with E-state index < -0.39 is 26.3 Å². The van der Waals surface area contributed by atoms with Crippen molar-refractivity contribution < 1.29 is 26.3 Å². The molecule has 1 saturated heterocycles. The van der Waals surface area contributed by atoms with Crippen molar-refractivity contribution in [3.8, 4) is 11.3 Å². The third-order valence-corrected chi connectivity index (χ3v) is 8.79. The number of hydrogen-bond donors (Lipinski definition) is 1. The molecule has 0 unspecified atom stereocenters. The summed E-state index contributed by atoms with van der Waals surface area (Å²) in [5, 5.41) is 0. The first-order valence-electron chi connectivity index (χ1n) is 11.0. The molecule has 1 aromatic carbocycles. The van der Waals surface area contributed by atoms with Gasteiger partial charge in [-0.3, -0.25) is 0 Å². The molecule has 0 spiro atoms. The van der Waals surface area contributed by atoms with E-state index in [1.165, 1.54) is 18.2 Å². The van der Waals surface area contributed by atoms with Crippen LogP contribution in [0.3, 0.4) is 0 Å². The molecular formula is C23H22F3N5O3S. The van der Waals surface area contributed by atoms with Crippen LogP contribution in [0.4, 0.5) is 24.9 Å². The number of alkyl halides is 3. The summed E-state index contributed by atoms with van der Waals surface area (Å²) < 4.78 is 72.9. The average Bonchev–Trinajstić information content (AvgIpc) is 3.67. The molecule has 1 aliphatic heterocycles. The summed E-state index contributed by atoms with van der Waals surface area (Å²) >= 11 is 0. The molecule has 3 aromatic rings. The summed E-state index contributed by atoms with van der Waals surface area (Å²) in [5.74, 6) is -0.130. The second-order valence-electron chi connectivity index (χ2n) is 8.50. The Kier molecular flexibility index (Phi) is 5.67. The summed E-state index contributed by atoms with van der Waals surface area (Å²) in [6, 6.07) is 10.1. The van der Waals surface area contributed by atoms with Gasteiger partial charge in [-0.15, -0.1) is 0 Å². The number of ether oxygens (including phenoxy) is 1. The monoisotopic (exact) mass is 505 g/mol. The number of nitrogens with zero attached hydrogens (tertiary/aromatic N) is 4. The molecule has 5 rings (SSSR count). The van der Waals surface area contributed by atoms with Gasteiger partial charge in [0.1, 0.15) is 10.6 Å². The Labute approximate surface area is 199 Å². The van der Waals surface area contributed by atoms with Gasteiger partial charge in [-0.1, -0.05) is 18.2 Å². The number of sulfone groups is 1. The van der Waals surface area contributed by atoms with E-state index in [0.29, 0.717) is 39.1 Å². The minimum atomic E-state index is -4.72. The van der Waals surface area contributed by atoms with Crippen LogP contribution in [0.15, 0.2) is 53.6 Å². The van der Waals surface area contributed by atoms with Gasteiger partial charge in [0.2, 0.25) is 5.95 Å². The number of rotatable bonds is 5. The zero-order chi connectivity index (χ0) is 24.8. The fourth-order valence-corrected chi connectivity index (χ4v) is 6.21. The molecule has 1 aliphatic carbocycles. The van der Waals surface area contributed by atoms with Crippen LogP contribution >= 0.6 is 0 Å². The van der Waals surface area contributed by atoms with Crippen molar-refractivity contribution in [2.75, 3.05) is 36.9 Å². The minimum absolute atomic E-state index is 0.0640. The molecule has 8 nitrogen and oxygen atoms in total. The van der Waals surface area contributed by atoms with Crippen LogP contribution in [-0.4, -0.2) is 49.7 Å². The van der Waals surface area contributed by atoms with Gasteiger partial charge >= 0.3 is 6.18 Å². The predicted molar refractivity (Wildman–Crippen MR) is 122 cm³/mol. The Morgan fingerprint density at radius 1 is 1.03 bits per heavy atom. The van der Waals surface area contributed by atoms with E-state index in [0.717, 1.165) is 12.3 Å². The third kappa shape index (κ3) is 4.20. The first-order chi connectivity index (χ1) is 16.6. The third-order valence-electron chi connectivity index (χ3n) is 6.25. The number of benzene rings is 1. The Hall–Kier alpha value is -3.25. The Bertz CT molecular complexity index is 1360. The highest BCUT2D eigenvalue weighted by atomic mass is 32.2. The van der Waals surface area contributed by atoms with Crippen molar-refractivity contribution >= 4 is 21.6 Å². The number of pyridine rings is 1. The smallest absolute Gasteiger partial charge is 0.384 e. The maximum atomic E-state index is 13.9. The largest absolute Gasteiger partial charge is 0.417 e. The molecule has 2 aromatic heterocycles. The van der Waals surface area contributed by atoms with Crippen LogP contribution in [0.1, 0.15) is 24.1 Å². The number of aromatic nitrogens is 3. The first kappa shape index (κ1) is 23.5. The van der Waals surface area contributed by atoms with Gasteiger partial charge in [0.15, 0.2) is 9.84 Å².